The van der Waals surface area contributed by atoms with E-state index in [1.165, 1.54) is 36.8 Å². The molecule has 158 valence electrons. The Morgan fingerprint density at radius 1 is 1.29 bits per heavy atom. The molecule has 0 radical (unpaired) electrons. The SMILES string of the molecule is C[SH](=O)(N/C=C(\C#N)C(=O)c1ccco1)c1ccc(Oc2ccc([N+](=O)[O-])cn2)cc1. The van der Waals surface area contributed by atoms with E-state index in [2.05, 4.69) is 9.71 Å². The number of nitriles is 1. The summed E-state index contributed by atoms with van der Waals surface area (Å²) in [5.74, 6) is -0.0817. The fraction of sp³-hybridized carbons (Fsp3) is 0.0500. The molecule has 10 nitrogen and oxygen atoms in total. The largest absolute Gasteiger partial charge is 0.461 e. The van der Waals surface area contributed by atoms with Crippen LogP contribution in [-0.2, 0) is 10.1 Å². The van der Waals surface area contributed by atoms with Gasteiger partial charge in [0.05, 0.1) is 11.2 Å². The first-order valence-corrected chi connectivity index (χ1v) is 10.9. The highest BCUT2D eigenvalue weighted by Crippen LogP contribution is 2.24. The van der Waals surface area contributed by atoms with E-state index in [9.17, 15) is 24.4 Å². The number of ketones is 1. The smallest absolute Gasteiger partial charge is 0.287 e. The highest BCUT2D eigenvalue weighted by Gasteiger charge is 2.17. The van der Waals surface area contributed by atoms with E-state index in [0.717, 1.165) is 12.4 Å². The molecule has 0 aliphatic rings. The molecule has 0 saturated carbocycles. The average molecular weight is 440 g/mol. The third-order valence-corrected chi connectivity index (χ3v) is 5.95. The highest BCUT2D eigenvalue weighted by molar-refractivity contribution is 8.00. The predicted octanol–water partition coefficient (Wildman–Crippen LogP) is 3.18. The van der Waals surface area contributed by atoms with Crippen LogP contribution in [0.4, 0.5) is 5.69 Å². The second-order valence-electron chi connectivity index (χ2n) is 6.24. The predicted molar refractivity (Wildman–Crippen MR) is 111 cm³/mol. The molecule has 3 rings (SSSR count). The molecule has 0 fully saturated rings. The number of pyridine rings is 1. The quantitative estimate of drug-likeness (QED) is 0.135. The molecule has 0 spiro atoms. The van der Waals surface area contributed by atoms with E-state index in [1.807, 2.05) is 0 Å². The number of carbonyl (C=O) groups excluding carboxylic acids is 1. The summed E-state index contributed by atoms with van der Waals surface area (Å²) in [7, 11) is -3.15. The van der Waals surface area contributed by atoms with Gasteiger partial charge in [0.15, 0.2) is 5.76 Å². The van der Waals surface area contributed by atoms with Crippen molar-refractivity contribution in [2.75, 3.05) is 6.26 Å². The maximum Gasteiger partial charge on any atom is 0.287 e. The number of nitrogens with one attached hydrogen (secondary N) is 1. The number of carbonyl (C=O) groups is 1. The van der Waals surface area contributed by atoms with Crippen LogP contribution in [0.2, 0.25) is 0 Å². The lowest BCUT2D eigenvalue weighted by Crippen LogP contribution is -2.26. The molecule has 0 atom stereocenters. The van der Waals surface area contributed by atoms with Crippen molar-refractivity contribution in [1.82, 2.24) is 9.71 Å². The Bertz CT molecular complexity index is 1210. The zero-order valence-corrected chi connectivity index (χ0v) is 17.0. The summed E-state index contributed by atoms with van der Waals surface area (Å²) in [6.45, 7) is 0. The molecule has 3 aromatic rings. The first-order chi connectivity index (χ1) is 14.8. The average Bonchev–Trinajstić information content (AvgIpc) is 3.30. The number of Topliss-reactive ketones (excluding diaryl/α,β-unsaturated/α-hetero) is 1. The van der Waals surface area contributed by atoms with Gasteiger partial charge in [-0.05, 0) is 46.5 Å². The van der Waals surface area contributed by atoms with Crippen molar-refractivity contribution in [3.8, 4) is 17.7 Å². The zero-order valence-electron chi connectivity index (χ0n) is 16.1. The maximum atomic E-state index is 13.0. The van der Waals surface area contributed by atoms with Gasteiger partial charge in [-0.2, -0.15) is 5.26 Å². The van der Waals surface area contributed by atoms with Crippen LogP contribution in [0, 0.1) is 21.4 Å². The second kappa shape index (κ2) is 9.02. The third-order valence-electron chi connectivity index (χ3n) is 4.05. The van der Waals surface area contributed by atoms with E-state index < -0.39 is 20.8 Å². The van der Waals surface area contributed by atoms with Gasteiger partial charge in [0, 0.05) is 29.5 Å². The van der Waals surface area contributed by atoms with Crippen molar-refractivity contribution in [2.45, 2.75) is 4.90 Å². The highest BCUT2D eigenvalue weighted by atomic mass is 32.3. The van der Waals surface area contributed by atoms with Gasteiger partial charge in [0.1, 0.15) is 23.6 Å². The van der Waals surface area contributed by atoms with Crippen molar-refractivity contribution in [3.05, 3.63) is 88.6 Å². The number of benzene rings is 1. The number of nitro groups is 1. The number of hydrogen-bond acceptors (Lipinski definition) is 8. The van der Waals surface area contributed by atoms with Crippen LogP contribution in [0.15, 0.2) is 82.1 Å². The fourth-order valence-electron chi connectivity index (χ4n) is 2.41. The number of hydrogen-bond donors (Lipinski definition) is 2. The summed E-state index contributed by atoms with van der Waals surface area (Å²) >= 11 is 0. The molecule has 0 unspecified atom stereocenters. The first kappa shape index (κ1) is 21.4. The summed E-state index contributed by atoms with van der Waals surface area (Å²) in [4.78, 5) is 26.6. The Balaban J connectivity index is 1.70. The molecule has 11 heteroatoms. The molecular formula is C20H16N4O6S. The Hall–Kier alpha value is -4.30. The molecule has 0 saturated heterocycles. The summed E-state index contributed by atoms with van der Waals surface area (Å²) < 4.78 is 26.1. The van der Waals surface area contributed by atoms with Gasteiger partial charge in [-0.25, -0.2) is 4.98 Å². The number of thiol groups is 1. The van der Waals surface area contributed by atoms with Gasteiger partial charge in [0.25, 0.3) is 5.69 Å². The van der Waals surface area contributed by atoms with Gasteiger partial charge in [-0.1, -0.05) is 0 Å². The molecule has 1 N–H and O–H groups in total. The monoisotopic (exact) mass is 440 g/mol. The normalized spacial score (nSPS) is 11.9. The molecule has 2 heterocycles. The van der Waals surface area contributed by atoms with Crippen LogP contribution in [0.3, 0.4) is 0 Å². The molecule has 0 aliphatic heterocycles. The molecule has 0 amide bonds. The molecule has 0 aliphatic carbocycles. The minimum atomic E-state index is -3.15. The van der Waals surface area contributed by atoms with Gasteiger partial charge >= 0.3 is 0 Å². The van der Waals surface area contributed by atoms with Gasteiger partial charge in [-0.3, -0.25) is 19.1 Å². The number of aromatic nitrogens is 1. The standard InChI is InChI=1S/C20H16N4O6S/c1-31(28,23-12-14(11-21)20(25)18-3-2-10-29-18)17-7-5-16(6-8-17)30-19-9-4-15(13-22-19)24(26)27/h2-10,12-13,31H,1H3,(H,23,28)/b14-12+. The molecule has 2 aromatic heterocycles. The van der Waals surface area contributed by atoms with Crippen molar-refractivity contribution in [2.24, 2.45) is 0 Å². The number of nitrogens with zero attached hydrogens (tertiary/aromatic N) is 3. The van der Waals surface area contributed by atoms with Crippen LogP contribution in [0.25, 0.3) is 0 Å². The Labute approximate surface area is 177 Å². The molecule has 0 bridgehead atoms. The fourth-order valence-corrected chi connectivity index (χ4v) is 3.65. The maximum absolute atomic E-state index is 13.0. The zero-order chi connectivity index (χ0) is 22.4. The lowest BCUT2D eigenvalue weighted by Gasteiger charge is -2.20. The third kappa shape index (κ3) is 5.20. The van der Waals surface area contributed by atoms with E-state index >= 15 is 0 Å². The minimum absolute atomic E-state index is 0.00175. The Morgan fingerprint density at radius 3 is 2.58 bits per heavy atom. The topological polar surface area (TPSA) is 148 Å². The summed E-state index contributed by atoms with van der Waals surface area (Å²) in [5.41, 5.74) is -0.405. The van der Waals surface area contributed by atoms with E-state index in [1.54, 1.807) is 30.3 Å². The number of ether oxygens (including phenoxy) is 1. The molecule has 1 aromatic carbocycles. The van der Waals surface area contributed by atoms with Crippen molar-refractivity contribution < 1.29 is 23.1 Å². The van der Waals surface area contributed by atoms with Crippen LogP contribution >= 0.6 is 0 Å². The van der Waals surface area contributed by atoms with Crippen LogP contribution < -0.4 is 9.46 Å². The summed E-state index contributed by atoms with van der Waals surface area (Å²) in [6, 6.07) is 13.6. The first-order valence-electron chi connectivity index (χ1n) is 8.73. The number of allylic oxidation sites excluding steroid dienone is 1. The lowest BCUT2D eigenvalue weighted by atomic mass is 10.1. The lowest BCUT2D eigenvalue weighted by molar-refractivity contribution is -0.385. The van der Waals surface area contributed by atoms with Crippen molar-refractivity contribution in [1.29, 1.82) is 5.26 Å². The van der Waals surface area contributed by atoms with Gasteiger partial charge < -0.3 is 13.9 Å². The second-order valence-corrected chi connectivity index (χ2v) is 8.86. The van der Waals surface area contributed by atoms with E-state index in [4.69, 9.17) is 9.15 Å². The van der Waals surface area contributed by atoms with Crippen molar-refractivity contribution in [3.63, 3.8) is 0 Å². The van der Waals surface area contributed by atoms with Crippen LogP contribution in [0.5, 0.6) is 11.6 Å². The van der Waals surface area contributed by atoms with Crippen LogP contribution in [-0.4, -0.2) is 26.2 Å². The van der Waals surface area contributed by atoms with E-state index in [-0.39, 0.29) is 22.9 Å². The molecule has 31 heavy (non-hydrogen) atoms. The summed E-state index contributed by atoms with van der Waals surface area (Å²) in [5, 5.41) is 19.9. The Morgan fingerprint density at radius 2 is 2.03 bits per heavy atom. The minimum Gasteiger partial charge on any atom is -0.461 e. The number of furan rings is 1. The summed E-state index contributed by atoms with van der Waals surface area (Å²) in [6.07, 6.45) is 4.95. The Kier molecular flexibility index (Phi) is 6.23. The van der Waals surface area contributed by atoms with Gasteiger partial charge in [-0.15, -0.1) is 0 Å². The number of rotatable bonds is 8. The molecular weight excluding hydrogens is 424 g/mol. The van der Waals surface area contributed by atoms with Crippen molar-refractivity contribution >= 4 is 21.6 Å². The van der Waals surface area contributed by atoms with Gasteiger partial charge in [0.2, 0.25) is 11.7 Å². The van der Waals surface area contributed by atoms with Crippen LogP contribution in [0.1, 0.15) is 10.6 Å². The van der Waals surface area contributed by atoms with E-state index in [0.29, 0.717) is 10.6 Å².